The zero-order valence-electron chi connectivity index (χ0n) is 17.0. The summed E-state index contributed by atoms with van der Waals surface area (Å²) in [6.07, 6.45) is -6.99. The third kappa shape index (κ3) is 4.18. The van der Waals surface area contributed by atoms with Crippen molar-refractivity contribution in [2.45, 2.75) is 56.5 Å². The molecular weight excluding hydrogens is 388 g/mol. The summed E-state index contributed by atoms with van der Waals surface area (Å²) in [5, 5.41) is 41.9. The van der Waals surface area contributed by atoms with Crippen LogP contribution in [-0.2, 0) is 9.16 Å². The van der Waals surface area contributed by atoms with E-state index in [9.17, 15) is 20.4 Å². The minimum atomic E-state index is -2.84. The molecule has 1 heterocycles. The average Bonchev–Trinajstić information content (AvgIpc) is 2.71. The molecule has 29 heavy (non-hydrogen) atoms. The number of aliphatic hydroxyl groups is 4. The fourth-order valence-electron chi connectivity index (χ4n) is 4.04. The van der Waals surface area contributed by atoms with Crippen molar-refractivity contribution < 1.29 is 29.6 Å². The molecule has 0 aliphatic carbocycles. The summed E-state index contributed by atoms with van der Waals surface area (Å²) in [6, 6.07) is 20.0. The Balaban J connectivity index is 2.00. The van der Waals surface area contributed by atoms with Crippen LogP contribution in [-0.4, -0.2) is 66.1 Å². The van der Waals surface area contributed by atoms with Crippen LogP contribution in [0, 0.1) is 0 Å². The molecule has 0 spiro atoms. The van der Waals surface area contributed by atoms with Crippen LogP contribution in [0.4, 0.5) is 0 Å². The number of aliphatic hydroxyl groups excluding tert-OH is 4. The largest absolute Gasteiger partial charge is 0.405 e. The van der Waals surface area contributed by atoms with Crippen LogP contribution in [0.25, 0.3) is 0 Å². The highest BCUT2D eigenvalue weighted by Crippen LogP contribution is 2.37. The maximum atomic E-state index is 10.4. The summed E-state index contributed by atoms with van der Waals surface area (Å²) < 4.78 is 12.0. The molecule has 2 aromatic carbocycles. The molecule has 0 aromatic heterocycles. The van der Waals surface area contributed by atoms with Crippen LogP contribution in [0.15, 0.2) is 60.7 Å². The molecule has 0 saturated carbocycles. The third-order valence-corrected chi connectivity index (χ3v) is 10.6. The average molecular weight is 419 g/mol. The van der Waals surface area contributed by atoms with Gasteiger partial charge in [0.25, 0.3) is 8.32 Å². The van der Waals surface area contributed by atoms with Crippen LogP contribution in [0.5, 0.6) is 0 Å². The number of rotatable bonds is 5. The van der Waals surface area contributed by atoms with E-state index in [0.717, 1.165) is 10.4 Å². The Hall–Kier alpha value is -1.58. The monoisotopic (exact) mass is 418 g/mol. The van der Waals surface area contributed by atoms with Gasteiger partial charge in [0.2, 0.25) is 0 Å². The highest BCUT2D eigenvalue weighted by Gasteiger charge is 2.52. The summed E-state index contributed by atoms with van der Waals surface area (Å²) in [7, 11) is -2.84. The molecule has 1 aliphatic rings. The van der Waals surface area contributed by atoms with Crippen molar-refractivity contribution in [3.05, 3.63) is 60.7 Å². The van der Waals surface area contributed by atoms with Gasteiger partial charge >= 0.3 is 0 Å². The fraction of sp³-hybridized carbons (Fsp3) is 0.455. The highest BCUT2D eigenvalue weighted by atomic mass is 28.4. The van der Waals surface area contributed by atoms with E-state index in [0.29, 0.717) is 0 Å². The molecule has 6 nitrogen and oxygen atoms in total. The van der Waals surface area contributed by atoms with Crippen LogP contribution < -0.4 is 10.4 Å². The number of hydrogen-bond acceptors (Lipinski definition) is 6. The maximum absolute atomic E-state index is 10.4. The molecule has 7 heteroatoms. The molecule has 2 aromatic rings. The second-order valence-corrected chi connectivity index (χ2v) is 12.8. The summed E-state index contributed by atoms with van der Waals surface area (Å²) in [4.78, 5) is 0. The molecule has 3 rings (SSSR count). The lowest BCUT2D eigenvalue weighted by Gasteiger charge is -2.45. The van der Waals surface area contributed by atoms with Crippen molar-refractivity contribution in [2.75, 3.05) is 6.61 Å². The van der Waals surface area contributed by atoms with Gasteiger partial charge in [0.05, 0.1) is 6.61 Å². The Kier molecular flexibility index (Phi) is 6.60. The minimum Gasteiger partial charge on any atom is -0.405 e. The van der Waals surface area contributed by atoms with E-state index in [4.69, 9.17) is 9.16 Å². The standard InChI is InChI=1S/C22H30O6Si/c1-22(2,3)29(15-10-6-4-7-11-15,16-12-8-5-9-13-16)27-14-17-18(23)19(24)20(25)21(26)28-17/h4-13,17-21,23-26H,14H2,1-3H3/t17-,18-,19+,20-,21+/m0/s1. The van der Waals surface area contributed by atoms with Gasteiger partial charge in [0, 0.05) is 0 Å². The van der Waals surface area contributed by atoms with Crippen molar-refractivity contribution in [3.63, 3.8) is 0 Å². The lowest BCUT2D eigenvalue weighted by atomic mass is 10.00. The van der Waals surface area contributed by atoms with Gasteiger partial charge in [-0.25, -0.2) is 0 Å². The van der Waals surface area contributed by atoms with Crippen molar-refractivity contribution in [3.8, 4) is 0 Å². The molecule has 0 bridgehead atoms. The molecule has 4 N–H and O–H groups in total. The van der Waals surface area contributed by atoms with Crippen molar-refractivity contribution in [2.24, 2.45) is 0 Å². The quantitative estimate of drug-likeness (QED) is 0.524. The summed E-state index contributed by atoms with van der Waals surface area (Å²) in [5.41, 5.74) is 0. The van der Waals surface area contributed by atoms with Gasteiger partial charge < -0.3 is 29.6 Å². The van der Waals surface area contributed by atoms with E-state index >= 15 is 0 Å². The second-order valence-electron chi connectivity index (χ2n) is 8.51. The number of hydrogen-bond donors (Lipinski definition) is 4. The van der Waals surface area contributed by atoms with E-state index in [1.54, 1.807) is 0 Å². The van der Waals surface area contributed by atoms with E-state index < -0.39 is 39.0 Å². The summed E-state index contributed by atoms with van der Waals surface area (Å²) >= 11 is 0. The predicted molar refractivity (Wildman–Crippen MR) is 112 cm³/mol. The van der Waals surface area contributed by atoms with Gasteiger partial charge in [-0.3, -0.25) is 0 Å². The van der Waals surface area contributed by atoms with Crippen LogP contribution in [0.1, 0.15) is 20.8 Å². The number of benzene rings is 2. The molecule has 0 radical (unpaired) electrons. The summed E-state index contributed by atoms with van der Waals surface area (Å²) in [5.74, 6) is 0. The molecule has 0 amide bonds. The Morgan fingerprint density at radius 2 is 1.28 bits per heavy atom. The normalized spacial score (nSPS) is 28.3. The van der Waals surface area contributed by atoms with E-state index in [2.05, 4.69) is 45.0 Å². The molecular formula is C22H30O6Si. The predicted octanol–water partition coefficient (Wildman–Crippen LogP) is 0.363. The zero-order valence-corrected chi connectivity index (χ0v) is 18.0. The first-order chi connectivity index (χ1) is 13.7. The van der Waals surface area contributed by atoms with Crippen LogP contribution in [0.3, 0.4) is 0 Å². The van der Waals surface area contributed by atoms with Crippen molar-refractivity contribution >= 4 is 18.7 Å². The third-order valence-electron chi connectivity index (χ3n) is 5.57. The molecule has 1 aliphatic heterocycles. The second kappa shape index (κ2) is 8.65. The van der Waals surface area contributed by atoms with Crippen molar-refractivity contribution in [1.29, 1.82) is 0 Å². The molecule has 0 unspecified atom stereocenters. The first-order valence-electron chi connectivity index (χ1n) is 9.81. The molecule has 1 fully saturated rings. The van der Waals surface area contributed by atoms with E-state index in [-0.39, 0.29) is 11.6 Å². The maximum Gasteiger partial charge on any atom is 0.261 e. The smallest absolute Gasteiger partial charge is 0.261 e. The summed E-state index contributed by atoms with van der Waals surface area (Å²) in [6.45, 7) is 6.36. The van der Waals surface area contributed by atoms with Crippen LogP contribution >= 0.6 is 0 Å². The highest BCUT2D eigenvalue weighted by molar-refractivity contribution is 6.99. The Morgan fingerprint density at radius 3 is 1.72 bits per heavy atom. The Morgan fingerprint density at radius 1 is 0.793 bits per heavy atom. The van der Waals surface area contributed by atoms with Crippen LogP contribution in [0.2, 0.25) is 5.04 Å². The van der Waals surface area contributed by atoms with Crippen molar-refractivity contribution in [1.82, 2.24) is 0 Å². The first kappa shape index (κ1) is 22.1. The Labute approximate surface area is 172 Å². The fourth-order valence-corrected chi connectivity index (χ4v) is 8.61. The minimum absolute atomic E-state index is 0.0325. The molecule has 5 atom stereocenters. The van der Waals surface area contributed by atoms with Gasteiger partial charge in [-0.2, -0.15) is 0 Å². The number of ether oxygens (including phenoxy) is 1. The van der Waals surface area contributed by atoms with Gasteiger partial charge in [-0.05, 0) is 15.4 Å². The van der Waals surface area contributed by atoms with Gasteiger partial charge in [0.1, 0.15) is 24.4 Å². The zero-order chi connectivity index (χ0) is 21.2. The van der Waals surface area contributed by atoms with Gasteiger partial charge in [0.15, 0.2) is 6.29 Å². The topological polar surface area (TPSA) is 99.4 Å². The molecule has 158 valence electrons. The lowest BCUT2D eigenvalue weighted by molar-refractivity contribution is -0.285. The lowest BCUT2D eigenvalue weighted by Crippen LogP contribution is -2.68. The SMILES string of the molecule is CC(C)(C)[Si](OC[C@@H]1O[C@@H](O)[C@@H](O)[C@H](O)[C@H]1O)(c1ccccc1)c1ccccc1. The van der Waals surface area contributed by atoms with E-state index in [1.807, 2.05) is 36.4 Å². The first-order valence-corrected chi connectivity index (χ1v) is 11.7. The van der Waals surface area contributed by atoms with E-state index in [1.165, 1.54) is 0 Å². The molecule has 1 saturated heterocycles. The Bertz CT molecular complexity index is 739. The van der Waals surface area contributed by atoms with Gasteiger partial charge in [-0.1, -0.05) is 81.4 Å². The van der Waals surface area contributed by atoms with Gasteiger partial charge in [-0.15, -0.1) is 0 Å².